The highest BCUT2D eigenvalue weighted by Crippen LogP contribution is 2.30. The summed E-state index contributed by atoms with van der Waals surface area (Å²) in [4.78, 5) is 38.9. The first-order chi connectivity index (χ1) is 16.0. The fraction of sp³-hybridized carbons (Fsp3) is 0.480. The Morgan fingerprint density at radius 2 is 1.91 bits per heavy atom. The standard InChI is InChI=1S/C25H32N6O2/c1-4-29(5-2)25(33)20-17-26-24(28-18(20)3)22-12-8-9-14-30(22)23(32)13-15-31-21-11-7-6-10-19(21)16-27-31/h6-7,10-11,16-17,22H,4-5,8-9,12-15H2,1-3H3/t22-/m0/s1. The summed E-state index contributed by atoms with van der Waals surface area (Å²) in [6.07, 6.45) is 6.68. The zero-order valence-electron chi connectivity index (χ0n) is 19.7. The van der Waals surface area contributed by atoms with E-state index in [4.69, 9.17) is 0 Å². The second-order valence-corrected chi connectivity index (χ2v) is 8.48. The number of hydrogen-bond donors (Lipinski definition) is 0. The second-order valence-electron chi connectivity index (χ2n) is 8.48. The van der Waals surface area contributed by atoms with Crippen LogP contribution in [0.2, 0.25) is 0 Å². The number of fused-ring (bicyclic) bond motifs is 1. The molecule has 8 heteroatoms. The van der Waals surface area contributed by atoms with Gasteiger partial charge in [-0.3, -0.25) is 14.3 Å². The molecule has 1 saturated heterocycles. The summed E-state index contributed by atoms with van der Waals surface area (Å²) >= 11 is 0. The zero-order chi connectivity index (χ0) is 23.4. The van der Waals surface area contributed by atoms with Crippen molar-refractivity contribution in [2.24, 2.45) is 0 Å². The number of aryl methyl sites for hydroxylation is 2. The van der Waals surface area contributed by atoms with Crippen LogP contribution in [0.1, 0.15) is 67.4 Å². The van der Waals surface area contributed by atoms with Crippen molar-refractivity contribution in [1.29, 1.82) is 0 Å². The van der Waals surface area contributed by atoms with Crippen LogP contribution in [0.15, 0.2) is 36.7 Å². The van der Waals surface area contributed by atoms with Crippen molar-refractivity contribution in [2.45, 2.75) is 59.0 Å². The van der Waals surface area contributed by atoms with Crippen molar-refractivity contribution >= 4 is 22.7 Å². The number of piperidine rings is 1. The van der Waals surface area contributed by atoms with E-state index in [0.29, 0.717) is 49.7 Å². The number of carbonyl (C=O) groups excluding carboxylic acids is 2. The van der Waals surface area contributed by atoms with Gasteiger partial charge in [0.05, 0.1) is 35.6 Å². The molecule has 33 heavy (non-hydrogen) atoms. The van der Waals surface area contributed by atoms with Crippen LogP contribution in [0.3, 0.4) is 0 Å². The molecule has 1 aliphatic heterocycles. The number of likely N-dealkylation sites (tertiary alicyclic amines) is 1. The molecule has 2 amide bonds. The minimum absolute atomic E-state index is 0.0490. The fourth-order valence-electron chi connectivity index (χ4n) is 4.58. The maximum atomic E-state index is 13.2. The quantitative estimate of drug-likeness (QED) is 0.549. The van der Waals surface area contributed by atoms with Crippen molar-refractivity contribution in [1.82, 2.24) is 29.5 Å². The van der Waals surface area contributed by atoms with Gasteiger partial charge in [-0.25, -0.2) is 9.97 Å². The SMILES string of the molecule is CCN(CC)C(=O)c1cnc([C@@H]2CCCCN2C(=O)CCn2ncc3ccccc32)nc1C. The van der Waals surface area contributed by atoms with Crippen LogP contribution >= 0.6 is 0 Å². The number of amides is 2. The van der Waals surface area contributed by atoms with Gasteiger partial charge in [0.25, 0.3) is 5.91 Å². The molecule has 8 nitrogen and oxygen atoms in total. The Morgan fingerprint density at radius 1 is 1.12 bits per heavy atom. The van der Waals surface area contributed by atoms with E-state index in [0.717, 1.165) is 30.2 Å². The number of para-hydroxylation sites is 1. The summed E-state index contributed by atoms with van der Waals surface area (Å²) in [5, 5.41) is 5.51. The van der Waals surface area contributed by atoms with Crippen LogP contribution in [0.5, 0.6) is 0 Å². The van der Waals surface area contributed by atoms with Gasteiger partial charge in [0.15, 0.2) is 5.82 Å². The Kier molecular flexibility index (Phi) is 7.01. The topological polar surface area (TPSA) is 84.2 Å². The summed E-state index contributed by atoms with van der Waals surface area (Å²) < 4.78 is 1.89. The molecular formula is C25H32N6O2. The van der Waals surface area contributed by atoms with Crippen LogP contribution in [-0.4, -0.2) is 61.0 Å². The van der Waals surface area contributed by atoms with Gasteiger partial charge in [0.2, 0.25) is 5.91 Å². The number of benzene rings is 1. The van der Waals surface area contributed by atoms with Crippen molar-refractivity contribution < 1.29 is 9.59 Å². The van der Waals surface area contributed by atoms with Gasteiger partial charge in [-0.2, -0.15) is 5.10 Å². The molecule has 174 valence electrons. The first-order valence-corrected chi connectivity index (χ1v) is 11.9. The van der Waals surface area contributed by atoms with Crippen molar-refractivity contribution in [2.75, 3.05) is 19.6 Å². The highest BCUT2D eigenvalue weighted by Gasteiger charge is 2.30. The fourth-order valence-corrected chi connectivity index (χ4v) is 4.58. The Labute approximate surface area is 194 Å². The summed E-state index contributed by atoms with van der Waals surface area (Å²) in [6, 6.07) is 7.86. The van der Waals surface area contributed by atoms with E-state index in [1.165, 1.54) is 0 Å². The molecule has 0 bridgehead atoms. The second kappa shape index (κ2) is 10.1. The van der Waals surface area contributed by atoms with Crippen molar-refractivity contribution in [3.63, 3.8) is 0 Å². The summed E-state index contributed by atoms with van der Waals surface area (Å²) in [5.74, 6) is 0.664. The van der Waals surface area contributed by atoms with Gasteiger partial charge in [0, 0.05) is 37.6 Å². The zero-order valence-corrected chi connectivity index (χ0v) is 19.7. The lowest BCUT2D eigenvalue weighted by atomic mass is 10.0. The van der Waals surface area contributed by atoms with E-state index in [1.807, 2.05) is 60.8 Å². The summed E-state index contributed by atoms with van der Waals surface area (Å²) in [6.45, 7) is 8.30. The number of nitrogens with zero attached hydrogens (tertiary/aromatic N) is 6. The van der Waals surface area contributed by atoms with E-state index in [1.54, 1.807) is 11.1 Å². The highest BCUT2D eigenvalue weighted by molar-refractivity contribution is 5.94. The van der Waals surface area contributed by atoms with Crippen molar-refractivity contribution in [3.05, 3.63) is 53.7 Å². The number of hydrogen-bond acceptors (Lipinski definition) is 5. The van der Waals surface area contributed by atoms with Gasteiger partial charge in [-0.15, -0.1) is 0 Å². The number of rotatable bonds is 7. The van der Waals surface area contributed by atoms with Crippen molar-refractivity contribution in [3.8, 4) is 0 Å². The average Bonchev–Trinajstić information content (AvgIpc) is 3.26. The minimum atomic E-state index is -0.156. The predicted octanol–water partition coefficient (Wildman–Crippen LogP) is 3.76. The van der Waals surface area contributed by atoms with E-state index in [2.05, 4.69) is 15.1 Å². The average molecular weight is 449 g/mol. The maximum absolute atomic E-state index is 13.2. The molecule has 0 spiro atoms. The first-order valence-electron chi connectivity index (χ1n) is 11.9. The molecule has 0 unspecified atom stereocenters. The van der Waals surface area contributed by atoms with E-state index < -0.39 is 0 Å². The normalized spacial score (nSPS) is 16.2. The van der Waals surface area contributed by atoms with Crippen LogP contribution < -0.4 is 0 Å². The first kappa shape index (κ1) is 22.9. The molecule has 1 aliphatic rings. The Morgan fingerprint density at radius 3 is 2.67 bits per heavy atom. The highest BCUT2D eigenvalue weighted by atomic mass is 16.2. The third kappa shape index (κ3) is 4.74. The number of aromatic nitrogens is 4. The monoisotopic (exact) mass is 448 g/mol. The van der Waals surface area contributed by atoms with E-state index in [-0.39, 0.29) is 17.9 Å². The molecule has 3 heterocycles. The molecule has 4 rings (SSSR count). The molecule has 1 atom stereocenters. The largest absolute Gasteiger partial charge is 0.339 e. The van der Waals surface area contributed by atoms with Crippen LogP contribution in [0.25, 0.3) is 10.9 Å². The third-order valence-electron chi connectivity index (χ3n) is 6.49. The molecule has 0 radical (unpaired) electrons. The third-order valence-corrected chi connectivity index (χ3v) is 6.49. The molecule has 0 saturated carbocycles. The Hall–Kier alpha value is -3.29. The summed E-state index contributed by atoms with van der Waals surface area (Å²) in [7, 11) is 0. The van der Waals surface area contributed by atoms with Gasteiger partial charge in [0.1, 0.15) is 0 Å². The molecular weight excluding hydrogens is 416 g/mol. The van der Waals surface area contributed by atoms with Gasteiger partial charge in [-0.1, -0.05) is 18.2 Å². The molecule has 1 aromatic carbocycles. The van der Waals surface area contributed by atoms with Gasteiger partial charge in [-0.05, 0) is 46.1 Å². The lowest BCUT2D eigenvalue weighted by Gasteiger charge is -2.35. The predicted molar refractivity (Wildman–Crippen MR) is 127 cm³/mol. The lowest BCUT2D eigenvalue weighted by molar-refractivity contribution is -0.135. The molecule has 0 N–H and O–H groups in total. The van der Waals surface area contributed by atoms with Crippen LogP contribution in [0, 0.1) is 6.92 Å². The Balaban J connectivity index is 1.49. The summed E-state index contributed by atoms with van der Waals surface area (Å²) in [5.41, 5.74) is 2.23. The molecule has 0 aliphatic carbocycles. The molecule has 3 aromatic rings. The lowest BCUT2D eigenvalue weighted by Crippen LogP contribution is -2.40. The molecule has 1 fully saturated rings. The van der Waals surface area contributed by atoms with Gasteiger partial charge < -0.3 is 9.80 Å². The maximum Gasteiger partial charge on any atom is 0.257 e. The van der Waals surface area contributed by atoms with Crippen LogP contribution in [-0.2, 0) is 11.3 Å². The Bertz CT molecular complexity index is 1140. The van der Waals surface area contributed by atoms with Crippen LogP contribution in [0.4, 0.5) is 0 Å². The van der Waals surface area contributed by atoms with E-state index >= 15 is 0 Å². The van der Waals surface area contributed by atoms with E-state index in [9.17, 15) is 9.59 Å². The smallest absolute Gasteiger partial charge is 0.257 e. The minimum Gasteiger partial charge on any atom is -0.339 e. The number of carbonyl (C=O) groups is 2. The van der Waals surface area contributed by atoms with Gasteiger partial charge >= 0.3 is 0 Å². The molecule has 2 aromatic heterocycles.